The van der Waals surface area contributed by atoms with Crippen molar-refractivity contribution in [1.29, 1.82) is 0 Å². The average molecular weight is 312 g/mol. The molecule has 1 amide bonds. The summed E-state index contributed by atoms with van der Waals surface area (Å²) < 4.78 is 0. The van der Waals surface area contributed by atoms with Gasteiger partial charge in [-0.25, -0.2) is 0 Å². The molecule has 1 fully saturated rings. The van der Waals surface area contributed by atoms with E-state index in [1.54, 1.807) is 0 Å². The highest BCUT2D eigenvalue weighted by Gasteiger charge is 2.32. The van der Waals surface area contributed by atoms with Crippen molar-refractivity contribution in [3.8, 4) is 0 Å². The molecule has 0 spiro atoms. The van der Waals surface area contributed by atoms with Gasteiger partial charge in [0.2, 0.25) is 5.91 Å². The summed E-state index contributed by atoms with van der Waals surface area (Å²) in [5, 5.41) is 4.03. The summed E-state index contributed by atoms with van der Waals surface area (Å²) in [5.41, 5.74) is 3.84. The highest BCUT2D eigenvalue weighted by Crippen LogP contribution is 2.36. The van der Waals surface area contributed by atoms with Crippen molar-refractivity contribution in [2.24, 2.45) is 11.8 Å². The van der Waals surface area contributed by atoms with E-state index >= 15 is 0 Å². The standard InChI is InChI=1S/C19H24N2O2/c1-11-8-12(2)16-10-15(19(23)21-17(16)9-11)6-7-20-18(22)13(3)14-4-5-14/h8-10,13-14H,4-7H2,1-3H3,(H,20,22)(H,21,23). The number of benzene rings is 1. The summed E-state index contributed by atoms with van der Waals surface area (Å²) in [6.45, 7) is 6.57. The lowest BCUT2D eigenvalue weighted by Crippen LogP contribution is -2.32. The van der Waals surface area contributed by atoms with Crippen LogP contribution in [0.15, 0.2) is 23.0 Å². The molecule has 1 saturated carbocycles. The number of fused-ring (bicyclic) bond motifs is 1. The summed E-state index contributed by atoms with van der Waals surface area (Å²) in [5.74, 6) is 0.761. The van der Waals surface area contributed by atoms with Crippen LogP contribution in [0.25, 0.3) is 10.9 Å². The Morgan fingerprint density at radius 1 is 1.30 bits per heavy atom. The second kappa shape index (κ2) is 6.19. The number of hydrogen-bond acceptors (Lipinski definition) is 2. The van der Waals surface area contributed by atoms with Crippen LogP contribution in [-0.2, 0) is 11.2 Å². The number of aromatic nitrogens is 1. The fourth-order valence-corrected chi connectivity index (χ4v) is 3.19. The van der Waals surface area contributed by atoms with Gasteiger partial charge in [-0.15, -0.1) is 0 Å². The zero-order valence-electron chi connectivity index (χ0n) is 14.0. The van der Waals surface area contributed by atoms with E-state index in [0.29, 0.717) is 18.9 Å². The molecule has 2 N–H and O–H groups in total. The van der Waals surface area contributed by atoms with Crippen molar-refractivity contribution in [2.75, 3.05) is 6.54 Å². The highest BCUT2D eigenvalue weighted by molar-refractivity contribution is 5.83. The van der Waals surface area contributed by atoms with Crippen LogP contribution in [-0.4, -0.2) is 17.4 Å². The SMILES string of the molecule is Cc1cc(C)c2cc(CCNC(=O)C(C)C3CC3)c(=O)[nH]c2c1. The molecule has 1 unspecified atom stereocenters. The largest absolute Gasteiger partial charge is 0.356 e. The molecule has 1 heterocycles. The van der Waals surface area contributed by atoms with Gasteiger partial charge in [-0.3, -0.25) is 9.59 Å². The quantitative estimate of drug-likeness (QED) is 0.892. The maximum atomic E-state index is 12.2. The lowest BCUT2D eigenvalue weighted by molar-refractivity contribution is -0.125. The van der Waals surface area contributed by atoms with Crippen LogP contribution in [0.5, 0.6) is 0 Å². The molecule has 0 radical (unpaired) electrons. The van der Waals surface area contributed by atoms with Gasteiger partial charge in [0.1, 0.15) is 0 Å². The Bertz CT molecular complexity index is 803. The molecule has 1 atom stereocenters. The molecule has 23 heavy (non-hydrogen) atoms. The molecule has 2 aromatic rings. The Labute approximate surface area is 136 Å². The minimum absolute atomic E-state index is 0.0630. The van der Waals surface area contributed by atoms with E-state index in [1.165, 1.54) is 0 Å². The Morgan fingerprint density at radius 2 is 2.04 bits per heavy atom. The summed E-state index contributed by atoms with van der Waals surface area (Å²) in [6.07, 6.45) is 2.89. The smallest absolute Gasteiger partial charge is 0.251 e. The minimum Gasteiger partial charge on any atom is -0.356 e. The summed E-state index contributed by atoms with van der Waals surface area (Å²) in [6, 6.07) is 6.07. The molecular formula is C19H24N2O2. The van der Waals surface area contributed by atoms with Crippen molar-refractivity contribution in [2.45, 2.75) is 40.0 Å². The fraction of sp³-hybridized carbons (Fsp3) is 0.474. The Morgan fingerprint density at radius 3 is 2.74 bits per heavy atom. The number of amides is 1. The summed E-state index contributed by atoms with van der Waals surface area (Å²) in [7, 11) is 0. The maximum absolute atomic E-state index is 12.2. The molecule has 122 valence electrons. The molecule has 1 aromatic carbocycles. The molecule has 0 bridgehead atoms. The highest BCUT2D eigenvalue weighted by atomic mass is 16.2. The third-order valence-electron chi connectivity index (χ3n) is 4.83. The second-order valence-corrected chi connectivity index (χ2v) is 6.83. The van der Waals surface area contributed by atoms with Gasteiger partial charge in [0.25, 0.3) is 5.56 Å². The molecule has 4 nitrogen and oxygen atoms in total. The zero-order chi connectivity index (χ0) is 16.6. The van der Waals surface area contributed by atoms with Gasteiger partial charge in [-0.2, -0.15) is 0 Å². The van der Waals surface area contributed by atoms with Crippen LogP contribution in [0, 0.1) is 25.7 Å². The third kappa shape index (κ3) is 3.46. The number of carbonyl (C=O) groups is 1. The van der Waals surface area contributed by atoms with Crippen LogP contribution in [0.3, 0.4) is 0 Å². The molecule has 1 aliphatic rings. The Kier molecular flexibility index (Phi) is 4.24. The first kappa shape index (κ1) is 15.8. The number of carbonyl (C=O) groups excluding carboxylic acids is 1. The van der Waals surface area contributed by atoms with Crippen molar-refractivity contribution < 1.29 is 4.79 Å². The molecule has 0 saturated heterocycles. The normalized spacial score (nSPS) is 15.6. The molecule has 3 rings (SSSR count). The topological polar surface area (TPSA) is 62.0 Å². The lowest BCUT2D eigenvalue weighted by atomic mass is 10.0. The predicted molar refractivity (Wildman–Crippen MR) is 92.6 cm³/mol. The van der Waals surface area contributed by atoms with Gasteiger partial charge in [-0.1, -0.05) is 13.0 Å². The first-order chi connectivity index (χ1) is 11.0. The van der Waals surface area contributed by atoms with Gasteiger partial charge < -0.3 is 10.3 Å². The zero-order valence-corrected chi connectivity index (χ0v) is 14.0. The Balaban J connectivity index is 1.71. The van der Waals surface area contributed by atoms with Gasteiger partial charge in [0.15, 0.2) is 0 Å². The number of hydrogen-bond donors (Lipinski definition) is 2. The molecule has 1 aliphatic carbocycles. The number of nitrogens with one attached hydrogen (secondary N) is 2. The minimum atomic E-state index is -0.0630. The molecule has 1 aromatic heterocycles. The number of pyridine rings is 1. The number of H-pyrrole nitrogens is 1. The van der Waals surface area contributed by atoms with Crippen molar-refractivity contribution >= 4 is 16.8 Å². The number of aromatic amines is 1. The van der Waals surface area contributed by atoms with Gasteiger partial charge in [0.05, 0.1) is 0 Å². The van der Waals surface area contributed by atoms with Crippen LogP contribution in [0.2, 0.25) is 0 Å². The van der Waals surface area contributed by atoms with Gasteiger partial charge >= 0.3 is 0 Å². The maximum Gasteiger partial charge on any atom is 0.251 e. The first-order valence-corrected chi connectivity index (χ1v) is 8.36. The van der Waals surface area contributed by atoms with E-state index in [-0.39, 0.29) is 17.4 Å². The number of aryl methyl sites for hydroxylation is 2. The van der Waals surface area contributed by atoms with Crippen molar-refractivity contribution in [1.82, 2.24) is 10.3 Å². The number of rotatable bonds is 5. The summed E-state index contributed by atoms with van der Waals surface area (Å²) >= 11 is 0. The van der Waals surface area contributed by atoms with E-state index in [9.17, 15) is 9.59 Å². The van der Waals surface area contributed by atoms with Crippen LogP contribution in [0.4, 0.5) is 0 Å². The van der Waals surface area contributed by atoms with Crippen molar-refractivity contribution in [3.05, 3.63) is 45.2 Å². The second-order valence-electron chi connectivity index (χ2n) is 6.83. The first-order valence-electron chi connectivity index (χ1n) is 8.36. The summed E-state index contributed by atoms with van der Waals surface area (Å²) in [4.78, 5) is 27.2. The van der Waals surface area contributed by atoms with E-state index < -0.39 is 0 Å². The van der Waals surface area contributed by atoms with Crippen LogP contribution in [0.1, 0.15) is 36.5 Å². The molecular weight excluding hydrogens is 288 g/mol. The monoisotopic (exact) mass is 312 g/mol. The Hall–Kier alpha value is -2.10. The van der Waals surface area contributed by atoms with Crippen LogP contribution >= 0.6 is 0 Å². The molecule has 4 heteroatoms. The van der Waals surface area contributed by atoms with Crippen molar-refractivity contribution in [3.63, 3.8) is 0 Å². The average Bonchev–Trinajstić information content (AvgIpc) is 3.31. The van der Waals surface area contributed by atoms with Crippen LogP contribution < -0.4 is 10.9 Å². The van der Waals surface area contributed by atoms with E-state index in [4.69, 9.17) is 0 Å². The lowest BCUT2D eigenvalue weighted by Gasteiger charge is -2.11. The van der Waals surface area contributed by atoms with Gasteiger partial charge in [-0.05, 0) is 62.3 Å². The fourth-order valence-electron chi connectivity index (χ4n) is 3.19. The van der Waals surface area contributed by atoms with E-state index in [1.807, 2.05) is 26.0 Å². The predicted octanol–water partition coefficient (Wildman–Crippen LogP) is 2.85. The van der Waals surface area contributed by atoms with Gasteiger partial charge in [0, 0.05) is 28.9 Å². The third-order valence-corrected chi connectivity index (χ3v) is 4.83. The molecule has 0 aliphatic heterocycles. The van der Waals surface area contributed by atoms with E-state index in [2.05, 4.69) is 23.3 Å². The van der Waals surface area contributed by atoms with E-state index in [0.717, 1.165) is 40.4 Å².